The highest BCUT2D eigenvalue weighted by atomic mass is 16.7. The average Bonchev–Trinajstić information content (AvgIpc) is 2.62. The van der Waals surface area contributed by atoms with E-state index < -0.39 is 29.0 Å². The van der Waals surface area contributed by atoms with Crippen LogP contribution in [0.1, 0.15) is 27.7 Å². The zero-order chi connectivity index (χ0) is 15.6. The molecule has 1 heterocycles. The highest BCUT2D eigenvalue weighted by Crippen LogP contribution is 2.30. The summed E-state index contributed by atoms with van der Waals surface area (Å²) in [6.07, 6.45) is 0.426. The van der Waals surface area contributed by atoms with Crippen molar-refractivity contribution < 1.29 is 28.7 Å². The summed E-state index contributed by atoms with van der Waals surface area (Å²) >= 11 is 0. The third-order valence-corrected chi connectivity index (χ3v) is 2.48. The van der Waals surface area contributed by atoms with Gasteiger partial charge in [0.1, 0.15) is 18.8 Å². The van der Waals surface area contributed by atoms with E-state index in [1.807, 2.05) is 0 Å². The SMILES string of the molecule is C=CCOC(=O)C1(C)CON(C(=O)OC(C)(C)C)C1=O. The molecule has 1 fully saturated rings. The Morgan fingerprint density at radius 2 is 2.10 bits per heavy atom. The van der Waals surface area contributed by atoms with E-state index in [1.165, 1.54) is 13.0 Å². The van der Waals surface area contributed by atoms with Crippen molar-refractivity contribution in [3.8, 4) is 0 Å². The second kappa shape index (κ2) is 5.62. The number of hydrogen-bond acceptors (Lipinski definition) is 6. The molecule has 0 radical (unpaired) electrons. The van der Waals surface area contributed by atoms with E-state index in [-0.39, 0.29) is 13.2 Å². The number of esters is 1. The van der Waals surface area contributed by atoms with E-state index in [0.717, 1.165) is 0 Å². The summed E-state index contributed by atoms with van der Waals surface area (Å²) in [5.74, 6) is -1.57. The van der Waals surface area contributed by atoms with Crippen molar-refractivity contribution in [3.05, 3.63) is 12.7 Å². The Morgan fingerprint density at radius 1 is 1.50 bits per heavy atom. The Morgan fingerprint density at radius 3 is 2.60 bits per heavy atom. The normalized spacial score (nSPS) is 22.6. The van der Waals surface area contributed by atoms with Crippen molar-refractivity contribution >= 4 is 18.0 Å². The van der Waals surface area contributed by atoms with Crippen LogP contribution in [0.5, 0.6) is 0 Å². The van der Waals surface area contributed by atoms with E-state index in [9.17, 15) is 14.4 Å². The first kappa shape index (κ1) is 16.2. The lowest BCUT2D eigenvalue weighted by molar-refractivity contribution is -0.160. The molecule has 112 valence electrons. The van der Waals surface area contributed by atoms with Gasteiger partial charge < -0.3 is 9.47 Å². The minimum absolute atomic E-state index is 0.0197. The third kappa shape index (κ3) is 3.36. The maximum Gasteiger partial charge on any atom is 0.442 e. The van der Waals surface area contributed by atoms with Crippen LogP contribution in [-0.2, 0) is 23.9 Å². The largest absolute Gasteiger partial charge is 0.461 e. The van der Waals surface area contributed by atoms with Gasteiger partial charge in [0.2, 0.25) is 0 Å². The fourth-order valence-electron chi connectivity index (χ4n) is 1.42. The summed E-state index contributed by atoms with van der Waals surface area (Å²) in [5.41, 5.74) is -2.33. The maximum absolute atomic E-state index is 12.1. The number of ether oxygens (including phenoxy) is 2. The lowest BCUT2D eigenvalue weighted by atomic mass is 9.92. The number of amides is 2. The standard InChI is InChI=1S/C13H19NO6/c1-6-7-18-10(16)13(5)8-19-14(9(13)15)11(17)20-12(2,3)4/h6H,1,7-8H2,2-5H3. The zero-order valence-corrected chi connectivity index (χ0v) is 12.1. The van der Waals surface area contributed by atoms with Crippen LogP contribution in [0.2, 0.25) is 0 Å². The van der Waals surface area contributed by atoms with E-state index in [2.05, 4.69) is 6.58 Å². The van der Waals surface area contributed by atoms with Gasteiger partial charge in [-0.3, -0.25) is 14.4 Å². The predicted octanol–water partition coefficient (Wildman–Crippen LogP) is 1.43. The molecule has 7 nitrogen and oxygen atoms in total. The van der Waals surface area contributed by atoms with Gasteiger partial charge in [-0.15, -0.1) is 5.06 Å². The van der Waals surface area contributed by atoms with E-state index >= 15 is 0 Å². The monoisotopic (exact) mass is 285 g/mol. The summed E-state index contributed by atoms with van der Waals surface area (Å²) in [4.78, 5) is 40.7. The van der Waals surface area contributed by atoms with Crippen LogP contribution in [0.15, 0.2) is 12.7 Å². The number of rotatable bonds is 3. The molecule has 0 N–H and O–H groups in total. The number of carbonyl (C=O) groups excluding carboxylic acids is 3. The zero-order valence-electron chi connectivity index (χ0n) is 12.1. The molecule has 0 aliphatic carbocycles. The summed E-state index contributed by atoms with van der Waals surface area (Å²) in [6, 6.07) is 0. The Labute approximate surface area is 117 Å². The van der Waals surface area contributed by atoms with Crippen LogP contribution < -0.4 is 0 Å². The first-order valence-corrected chi connectivity index (χ1v) is 6.10. The number of carbonyl (C=O) groups is 3. The fraction of sp³-hybridized carbons (Fsp3) is 0.615. The Kier molecular flexibility index (Phi) is 4.54. The summed E-state index contributed by atoms with van der Waals surface area (Å²) in [7, 11) is 0. The molecular formula is C13H19NO6. The van der Waals surface area contributed by atoms with Gasteiger partial charge >= 0.3 is 12.1 Å². The third-order valence-electron chi connectivity index (χ3n) is 2.48. The van der Waals surface area contributed by atoms with E-state index in [1.54, 1.807) is 20.8 Å². The number of hydroxylamine groups is 2. The second-order valence-electron chi connectivity index (χ2n) is 5.57. The number of nitrogens with zero attached hydrogens (tertiary/aromatic N) is 1. The Hall–Kier alpha value is -1.89. The topological polar surface area (TPSA) is 82.1 Å². The highest BCUT2D eigenvalue weighted by molar-refractivity contribution is 6.07. The van der Waals surface area contributed by atoms with Crippen LogP contribution in [0.3, 0.4) is 0 Å². The first-order chi connectivity index (χ1) is 9.12. The van der Waals surface area contributed by atoms with E-state index in [0.29, 0.717) is 5.06 Å². The molecule has 1 atom stereocenters. The minimum atomic E-state index is -1.56. The highest BCUT2D eigenvalue weighted by Gasteiger charge is 2.54. The molecule has 7 heteroatoms. The van der Waals surface area contributed by atoms with Gasteiger partial charge in [-0.05, 0) is 27.7 Å². The van der Waals surface area contributed by atoms with Gasteiger partial charge in [-0.25, -0.2) is 4.79 Å². The molecule has 2 amide bonds. The molecule has 0 aromatic rings. The molecular weight excluding hydrogens is 266 g/mol. The molecule has 1 rings (SSSR count). The molecule has 1 saturated heterocycles. The van der Waals surface area contributed by atoms with Crippen LogP contribution in [0, 0.1) is 5.41 Å². The Balaban J connectivity index is 2.79. The van der Waals surface area contributed by atoms with Crippen molar-refractivity contribution in [1.82, 2.24) is 5.06 Å². The molecule has 0 spiro atoms. The molecule has 0 aromatic heterocycles. The molecule has 1 aliphatic rings. The van der Waals surface area contributed by atoms with Crippen LogP contribution in [0.4, 0.5) is 4.79 Å². The summed E-state index contributed by atoms with van der Waals surface area (Å²) in [5, 5.41) is 0.459. The first-order valence-electron chi connectivity index (χ1n) is 6.10. The van der Waals surface area contributed by atoms with Crippen molar-refractivity contribution in [2.45, 2.75) is 33.3 Å². The quantitative estimate of drug-likeness (QED) is 0.443. The number of hydrogen-bond donors (Lipinski definition) is 0. The summed E-state index contributed by atoms with van der Waals surface area (Å²) < 4.78 is 9.86. The van der Waals surface area contributed by atoms with Crippen molar-refractivity contribution in [3.63, 3.8) is 0 Å². The van der Waals surface area contributed by atoms with Crippen LogP contribution in [0.25, 0.3) is 0 Å². The van der Waals surface area contributed by atoms with Crippen molar-refractivity contribution in [1.29, 1.82) is 0 Å². The Bertz CT molecular complexity index is 439. The number of imide groups is 1. The molecule has 20 heavy (non-hydrogen) atoms. The lowest BCUT2D eigenvalue weighted by Gasteiger charge is -2.23. The van der Waals surface area contributed by atoms with Crippen LogP contribution in [-0.4, -0.2) is 41.8 Å². The summed E-state index contributed by atoms with van der Waals surface area (Å²) in [6.45, 7) is 9.43. The maximum atomic E-state index is 12.1. The minimum Gasteiger partial charge on any atom is -0.461 e. The lowest BCUT2D eigenvalue weighted by Crippen LogP contribution is -2.44. The molecule has 1 aliphatic heterocycles. The molecule has 1 unspecified atom stereocenters. The fourth-order valence-corrected chi connectivity index (χ4v) is 1.42. The van der Waals surface area contributed by atoms with Gasteiger partial charge in [-0.1, -0.05) is 12.7 Å². The molecule has 0 saturated carbocycles. The van der Waals surface area contributed by atoms with Crippen molar-refractivity contribution in [2.24, 2.45) is 5.41 Å². The predicted molar refractivity (Wildman–Crippen MR) is 68.3 cm³/mol. The molecule has 0 aromatic carbocycles. The van der Waals surface area contributed by atoms with Gasteiger partial charge in [0.25, 0.3) is 5.91 Å². The van der Waals surface area contributed by atoms with Crippen LogP contribution >= 0.6 is 0 Å². The van der Waals surface area contributed by atoms with E-state index in [4.69, 9.17) is 14.3 Å². The van der Waals surface area contributed by atoms with Gasteiger partial charge in [0.05, 0.1) is 0 Å². The molecule has 0 bridgehead atoms. The second-order valence-corrected chi connectivity index (χ2v) is 5.57. The average molecular weight is 285 g/mol. The van der Waals surface area contributed by atoms with Crippen molar-refractivity contribution in [2.75, 3.05) is 13.2 Å². The van der Waals surface area contributed by atoms with Gasteiger partial charge in [-0.2, -0.15) is 0 Å². The van der Waals surface area contributed by atoms with Gasteiger partial charge in [0, 0.05) is 0 Å². The smallest absolute Gasteiger partial charge is 0.442 e. The van der Waals surface area contributed by atoms with Gasteiger partial charge in [0.15, 0.2) is 5.41 Å².